The number of thioether (sulfide) groups is 1. The maximum Gasteiger partial charge on any atom is 0.481 e. The van der Waals surface area contributed by atoms with Gasteiger partial charge in [-0.1, -0.05) is 32.5 Å². The van der Waals surface area contributed by atoms with Crippen LogP contribution in [0.1, 0.15) is 46.6 Å². The van der Waals surface area contributed by atoms with Crippen LogP contribution in [0.25, 0.3) is 11.2 Å². The van der Waals surface area contributed by atoms with E-state index in [2.05, 4.69) is 34.4 Å². The van der Waals surface area contributed by atoms with Gasteiger partial charge in [-0.25, -0.2) is 28.6 Å². The number of nitrogen functional groups attached to an aromatic ring is 1. The lowest BCUT2D eigenvalue weighted by Gasteiger charge is -2.30. The van der Waals surface area contributed by atoms with Crippen LogP contribution in [0.15, 0.2) is 12.7 Å². The molecule has 3 heterocycles. The second-order valence-electron chi connectivity index (χ2n) is 11.3. The first-order chi connectivity index (χ1) is 26.0. The van der Waals surface area contributed by atoms with Crippen molar-refractivity contribution in [3.05, 3.63) is 12.7 Å². The number of aliphatic hydroxyl groups is 2. The highest BCUT2D eigenvalue weighted by molar-refractivity contribution is 8.13. The number of nitrogens with two attached hydrogens (primary N) is 1. The zero-order valence-electron chi connectivity index (χ0n) is 32.1. The average Bonchev–Trinajstić information content (AvgIpc) is 3.64. The summed E-state index contributed by atoms with van der Waals surface area (Å²) in [5.74, 6) is -1.92. The first kappa shape index (κ1) is 36.5. The molecule has 0 aliphatic carbocycles. The van der Waals surface area contributed by atoms with Crippen LogP contribution in [0.2, 0.25) is 0 Å². The van der Waals surface area contributed by atoms with Crippen LogP contribution in [0.3, 0.4) is 0 Å². The van der Waals surface area contributed by atoms with E-state index in [0.717, 1.165) is 17.2 Å². The molecule has 2 aromatic heterocycles. The lowest BCUT2D eigenvalue weighted by atomic mass is 9.87. The Bertz CT molecular complexity index is 1920. The fourth-order valence-electron chi connectivity index (χ4n) is 4.31. The van der Waals surface area contributed by atoms with E-state index >= 15 is 0 Å². The Morgan fingerprint density at radius 3 is 2.50 bits per heavy atom. The molecule has 28 heteroatoms. The Hall–Kier alpha value is -2.44. The van der Waals surface area contributed by atoms with Crippen LogP contribution >= 0.6 is 35.2 Å². The van der Waals surface area contributed by atoms with Gasteiger partial charge >= 0.3 is 23.5 Å². The minimum absolute atomic E-state index is 0.00922. The van der Waals surface area contributed by atoms with Crippen LogP contribution in [-0.4, -0.2) is 123 Å². The molecule has 294 valence electrons. The van der Waals surface area contributed by atoms with Gasteiger partial charge in [-0.3, -0.25) is 32.5 Å². The Morgan fingerprint density at radius 1 is 1.13 bits per heavy atom. The van der Waals surface area contributed by atoms with Crippen molar-refractivity contribution in [3.63, 3.8) is 0 Å². The zero-order valence-corrected chi connectivity index (χ0v) is 30.6. The highest BCUT2D eigenvalue weighted by atomic mass is 32.2. The van der Waals surface area contributed by atoms with Crippen molar-refractivity contribution in [3.8, 4) is 0 Å². The number of nitrogens with zero attached hydrogens (tertiary/aromatic N) is 4. The smallest absolute Gasteiger partial charge is 0.386 e. The summed E-state index contributed by atoms with van der Waals surface area (Å²) in [5.41, 5.74) is 4.13. The van der Waals surface area contributed by atoms with Gasteiger partial charge in [0.2, 0.25) is 11.8 Å². The fraction of sp³-hybridized carbons (Fsp3) is 0.667. The molecule has 0 spiro atoms. The number of hydrogen-bond donors (Lipinski definition) is 9. The molecule has 52 heavy (non-hydrogen) atoms. The number of nitrogens with one attached hydrogen (secondary N) is 2. The molecule has 0 saturated carbocycles. The Balaban J connectivity index is 1.49. The van der Waals surface area contributed by atoms with Crippen molar-refractivity contribution in [1.82, 2.24) is 30.2 Å². The third-order valence-electron chi connectivity index (χ3n) is 6.84. The van der Waals surface area contributed by atoms with Gasteiger partial charge in [-0.2, -0.15) is 4.31 Å². The highest BCUT2D eigenvalue weighted by Crippen LogP contribution is 2.61. The second-order valence-corrected chi connectivity index (χ2v) is 16.6. The number of carbonyl (C=O) groups is 3. The van der Waals surface area contributed by atoms with E-state index in [-0.39, 0.29) is 42.2 Å². The number of anilines is 1. The van der Waals surface area contributed by atoms with Crippen LogP contribution in [0, 0.1) is 5.41 Å². The average molecular weight is 829 g/mol. The summed E-state index contributed by atoms with van der Waals surface area (Å²) in [7, 11) is -16.5. The van der Waals surface area contributed by atoms with E-state index < -0.39 is 103 Å². The summed E-state index contributed by atoms with van der Waals surface area (Å²) in [6, 6.07) is 0. The molecule has 7 atom stereocenters. The number of aliphatic hydroxyl groups excluding tert-OH is 2. The van der Waals surface area contributed by atoms with Gasteiger partial charge in [0.25, 0.3) is 0 Å². The largest absolute Gasteiger partial charge is 0.481 e. The SMILES string of the molecule is [2H]C([2H])([2H])C([2H])([2H])C(=O)SCCNC(=O)CCNC(=O)[C@H](O)C(C)(C)COP(=O)(O)OP(=O)(O)OC[C@H]1O[C@@H](n2cnc3c(N)ncnc32)[C@H](O)[C@@H]1OP(=O)(O)O. The molecule has 0 aromatic carbocycles. The molecule has 1 fully saturated rings. The molecule has 0 bridgehead atoms. The Kier molecular flexibility index (Phi) is 12.8. The minimum atomic E-state index is -5.61. The van der Waals surface area contributed by atoms with Gasteiger partial charge in [0.15, 0.2) is 22.8 Å². The molecule has 3 rings (SSSR count). The summed E-state index contributed by atoms with van der Waals surface area (Å²) in [6.07, 6.45) is -10.4. The number of phosphoric ester groups is 3. The van der Waals surface area contributed by atoms with Gasteiger partial charge < -0.3 is 50.9 Å². The van der Waals surface area contributed by atoms with E-state index in [9.17, 15) is 57.9 Å². The third kappa shape index (κ3) is 12.9. The predicted octanol–water partition coefficient (Wildman–Crippen LogP) is -0.925. The maximum atomic E-state index is 12.7. The van der Waals surface area contributed by atoms with Crippen LogP contribution in [0.5, 0.6) is 0 Å². The fourth-order valence-corrected chi connectivity index (χ4v) is 7.60. The van der Waals surface area contributed by atoms with Crippen molar-refractivity contribution in [2.45, 2.75) is 64.1 Å². The number of rotatable bonds is 20. The standard InChI is InChI=1S/C24H40N7O17P3S/c1-4-15(33)52-8-7-26-14(32)5-6-27-22(36)19(35)24(2,3)10-45-51(42,43)48-50(40,41)44-9-13-18(47-49(37,38)39)17(34)23(46-13)31-12-30-16-20(25)28-11-29-21(16)31/h11-13,17-19,23,34-35H,4-10H2,1-3H3,(H,26,32)(H,27,36)(H,40,41)(H,42,43)(H2,25,28,29)(H2,37,38,39)/t13-,17-,18-,19+,23-/m1/s1/i1D3,4D2. The molecule has 1 saturated heterocycles. The number of fused-ring (bicyclic) bond motifs is 1. The van der Waals surface area contributed by atoms with E-state index in [1.165, 1.54) is 13.8 Å². The number of phosphoric acid groups is 3. The summed E-state index contributed by atoms with van der Waals surface area (Å²) in [5, 5.41) is 24.7. The van der Waals surface area contributed by atoms with Crippen LogP contribution in [0.4, 0.5) is 5.82 Å². The first-order valence-corrected chi connectivity index (χ1v) is 20.0. The van der Waals surface area contributed by atoms with E-state index in [1.54, 1.807) is 0 Å². The molecule has 0 radical (unpaired) electrons. The minimum Gasteiger partial charge on any atom is -0.386 e. The number of aromatic nitrogens is 4. The summed E-state index contributed by atoms with van der Waals surface area (Å²) in [4.78, 5) is 87.2. The number of hydrogen-bond acceptors (Lipinski definition) is 18. The second kappa shape index (κ2) is 18.3. The summed E-state index contributed by atoms with van der Waals surface area (Å²) >= 11 is 0.369. The van der Waals surface area contributed by atoms with Gasteiger partial charge in [0, 0.05) is 43.9 Å². The topological polar surface area (TPSA) is 364 Å². The molecule has 2 aromatic rings. The molecule has 1 aliphatic rings. The quantitative estimate of drug-likeness (QED) is 0.0575. The number of carbonyl (C=O) groups excluding carboxylic acids is 3. The van der Waals surface area contributed by atoms with Crippen LogP contribution in [-0.2, 0) is 50.7 Å². The van der Waals surface area contributed by atoms with Crippen molar-refractivity contribution in [2.75, 3.05) is 37.8 Å². The molecule has 2 amide bonds. The van der Waals surface area contributed by atoms with Crippen molar-refractivity contribution in [1.29, 1.82) is 0 Å². The van der Waals surface area contributed by atoms with Crippen molar-refractivity contribution >= 4 is 69.1 Å². The normalized spacial score (nSPS) is 24.3. The molecule has 2 unspecified atom stereocenters. The van der Waals surface area contributed by atoms with Crippen molar-refractivity contribution in [2.24, 2.45) is 5.41 Å². The zero-order chi connectivity index (χ0) is 43.4. The molecule has 24 nitrogen and oxygen atoms in total. The van der Waals surface area contributed by atoms with E-state index in [1.807, 2.05) is 0 Å². The van der Waals surface area contributed by atoms with Gasteiger partial charge in [0.1, 0.15) is 36.3 Å². The Morgan fingerprint density at radius 2 is 1.83 bits per heavy atom. The lowest BCUT2D eigenvalue weighted by molar-refractivity contribution is -0.137. The summed E-state index contributed by atoms with van der Waals surface area (Å²) in [6.45, 7) is -3.38. The molecule has 1 aliphatic heterocycles. The van der Waals surface area contributed by atoms with Crippen LogP contribution < -0.4 is 16.4 Å². The summed E-state index contributed by atoms with van der Waals surface area (Å²) < 4.78 is 97.9. The first-order valence-electron chi connectivity index (χ1n) is 17.0. The monoisotopic (exact) mass is 828 g/mol. The lowest BCUT2D eigenvalue weighted by Crippen LogP contribution is -2.46. The molecule has 10 N–H and O–H groups in total. The van der Waals surface area contributed by atoms with E-state index in [0.29, 0.717) is 11.8 Å². The van der Waals surface area contributed by atoms with E-state index in [4.69, 9.17) is 26.4 Å². The van der Waals surface area contributed by atoms with Crippen molar-refractivity contribution < 1.29 is 87.3 Å². The third-order valence-corrected chi connectivity index (χ3v) is 10.7. The molecular weight excluding hydrogens is 783 g/mol. The van der Waals surface area contributed by atoms with Gasteiger partial charge in [-0.05, 0) is 0 Å². The van der Waals surface area contributed by atoms with Gasteiger partial charge in [-0.15, -0.1) is 0 Å². The highest BCUT2D eigenvalue weighted by Gasteiger charge is 2.50. The number of imidazole rings is 1. The molecular formula is C24H40N7O17P3S. The predicted molar refractivity (Wildman–Crippen MR) is 177 cm³/mol. The number of ether oxygens (including phenoxy) is 1. The van der Waals surface area contributed by atoms with Gasteiger partial charge in [0.05, 0.1) is 19.5 Å². The number of amides is 2. The Labute approximate surface area is 306 Å². The maximum absolute atomic E-state index is 12.7.